The van der Waals surface area contributed by atoms with Crippen molar-refractivity contribution in [1.82, 2.24) is 19.9 Å². The molecule has 0 amide bonds. The topological polar surface area (TPSA) is 73.9 Å². The first-order chi connectivity index (χ1) is 12.1. The largest absolute Gasteiger partial charge is 0.367 e. The maximum atomic E-state index is 11.9. The van der Waals surface area contributed by atoms with Crippen LogP contribution in [0.1, 0.15) is 24.1 Å². The van der Waals surface area contributed by atoms with Crippen LogP contribution in [0, 0.1) is 13.8 Å². The number of anilines is 1. The second-order valence-electron chi connectivity index (χ2n) is 6.56. The Morgan fingerprint density at radius 1 is 1.36 bits per heavy atom. The molecule has 1 aliphatic rings. The zero-order valence-corrected chi connectivity index (χ0v) is 14.9. The summed E-state index contributed by atoms with van der Waals surface area (Å²) < 4.78 is 0. The highest BCUT2D eigenvalue weighted by molar-refractivity contribution is 5.56. The maximum absolute atomic E-state index is 11.9. The minimum atomic E-state index is -0.101. The zero-order valence-electron chi connectivity index (χ0n) is 14.9. The first-order valence-electron chi connectivity index (χ1n) is 8.70. The third kappa shape index (κ3) is 4.14. The molecule has 6 heteroatoms. The lowest BCUT2D eigenvalue weighted by molar-refractivity contribution is 0.240. The van der Waals surface area contributed by atoms with E-state index in [1.54, 1.807) is 13.1 Å². The summed E-state index contributed by atoms with van der Waals surface area (Å²) in [6.45, 7) is 10.5. The summed E-state index contributed by atoms with van der Waals surface area (Å²) in [5.41, 5.74) is 2.10. The van der Waals surface area contributed by atoms with Crippen molar-refractivity contribution in [1.29, 1.82) is 0 Å². The van der Waals surface area contributed by atoms with Gasteiger partial charge in [-0.2, -0.15) is 0 Å². The monoisotopic (exact) mass is 339 g/mol. The molecule has 1 aliphatic heterocycles. The van der Waals surface area contributed by atoms with E-state index < -0.39 is 0 Å². The van der Waals surface area contributed by atoms with E-state index in [-0.39, 0.29) is 5.56 Å². The molecular weight excluding hydrogens is 314 g/mol. The van der Waals surface area contributed by atoms with Gasteiger partial charge in [-0.05, 0) is 38.8 Å². The van der Waals surface area contributed by atoms with Gasteiger partial charge in [-0.15, -0.1) is 6.58 Å². The number of H-pyrrole nitrogens is 1. The van der Waals surface area contributed by atoms with Crippen molar-refractivity contribution in [2.75, 3.05) is 25.0 Å². The molecule has 0 unspecified atom stereocenters. The summed E-state index contributed by atoms with van der Waals surface area (Å²) in [7, 11) is 0. The lowest BCUT2D eigenvalue weighted by Crippen LogP contribution is -2.39. The molecule has 25 heavy (non-hydrogen) atoms. The Labute approximate surface area is 148 Å². The Morgan fingerprint density at radius 2 is 2.12 bits per heavy atom. The first-order valence-corrected chi connectivity index (χ1v) is 8.70. The predicted octanol–water partition coefficient (Wildman–Crippen LogP) is 2.51. The van der Waals surface area contributed by atoms with E-state index in [0.29, 0.717) is 17.4 Å². The van der Waals surface area contributed by atoms with Gasteiger partial charge in [0.2, 0.25) is 0 Å². The van der Waals surface area contributed by atoms with Crippen LogP contribution in [0.4, 0.5) is 5.82 Å². The number of rotatable bonds is 5. The highest BCUT2D eigenvalue weighted by atomic mass is 16.1. The van der Waals surface area contributed by atoms with E-state index in [0.717, 1.165) is 49.6 Å². The van der Waals surface area contributed by atoms with Gasteiger partial charge in [0.25, 0.3) is 5.56 Å². The second-order valence-corrected chi connectivity index (χ2v) is 6.56. The Morgan fingerprint density at radius 3 is 2.72 bits per heavy atom. The summed E-state index contributed by atoms with van der Waals surface area (Å²) in [5.74, 6) is 1.42. The van der Waals surface area contributed by atoms with Gasteiger partial charge in [0.15, 0.2) is 0 Å². The quantitative estimate of drug-likeness (QED) is 0.819. The Kier molecular flexibility index (Phi) is 5.28. The molecule has 0 atom stereocenters. The van der Waals surface area contributed by atoms with Crippen LogP contribution in [0.25, 0.3) is 11.4 Å². The van der Waals surface area contributed by atoms with E-state index in [1.165, 1.54) is 0 Å². The smallest absolute Gasteiger partial charge is 0.254 e. The minimum absolute atomic E-state index is 0.101. The fourth-order valence-corrected chi connectivity index (χ4v) is 3.05. The van der Waals surface area contributed by atoms with Gasteiger partial charge in [0, 0.05) is 48.7 Å². The number of aryl methyl sites for hydroxylation is 1. The third-order valence-electron chi connectivity index (χ3n) is 4.76. The molecule has 0 radical (unpaired) electrons. The zero-order chi connectivity index (χ0) is 17.8. The lowest BCUT2D eigenvalue weighted by Gasteiger charge is -2.31. The highest BCUT2D eigenvalue weighted by Gasteiger charge is 2.18. The van der Waals surface area contributed by atoms with E-state index >= 15 is 0 Å². The van der Waals surface area contributed by atoms with Crippen molar-refractivity contribution in [3.8, 4) is 11.4 Å². The Bertz CT molecular complexity index is 788. The van der Waals surface area contributed by atoms with Crippen LogP contribution < -0.4 is 10.9 Å². The molecule has 0 saturated carbocycles. The number of aromatic nitrogens is 3. The van der Waals surface area contributed by atoms with Gasteiger partial charge < -0.3 is 10.3 Å². The molecule has 3 rings (SSSR count). The van der Waals surface area contributed by atoms with Crippen molar-refractivity contribution in [2.45, 2.75) is 32.7 Å². The molecule has 132 valence electrons. The molecule has 0 aromatic carbocycles. The molecule has 1 fully saturated rings. The fourth-order valence-electron chi connectivity index (χ4n) is 3.05. The van der Waals surface area contributed by atoms with E-state index in [9.17, 15) is 4.79 Å². The van der Waals surface area contributed by atoms with Gasteiger partial charge in [0.05, 0.1) is 0 Å². The average molecular weight is 339 g/mol. The number of hydrogen-bond acceptors (Lipinski definition) is 5. The normalized spacial score (nSPS) is 15.9. The van der Waals surface area contributed by atoms with Gasteiger partial charge >= 0.3 is 0 Å². The number of piperidine rings is 1. The minimum Gasteiger partial charge on any atom is -0.367 e. The lowest BCUT2D eigenvalue weighted by atomic mass is 10.1. The van der Waals surface area contributed by atoms with Crippen molar-refractivity contribution in [3.05, 3.63) is 52.6 Å². The molecule has 2 aromatic rings. The van der Waals surface area contributed by atoms with E-state index in [1.807, 2.05) is 25.1 Å². The average Bonchev–Trinajstić information content (AvgIpc) is 2.62. The molecule has 6 nitrogen and oxygen atoms in total. The summed E-state index contributed by atoms with van der Waals surface area (Å²) in [6, 6.07) is 4.33. The maximum Gasteiger partial charge on any atom is 0.254 e. The predicted molar refractivity (Wildman–Crippen MR) is 101 cm³/mol. The summed E-state index contributed by atoms with van der Waals surface area (Å²) in [4.78, 5) is 26.0. The number of aromatic amines is 1. The second kappa shape index (κ2) is 7.61. The standard InChI is InChI=1S/C19H25N5O/c1-4-9-24-10-7-16(8-11-24)22-17-6-5-15(12-20-17)18-21-14(3)13(2)19(25)23-18/h4-6,12,16H,1,7-11H2,2-3H3,(H,20,22)(H,21,23,25). The van der Waals surface area contributed by atoms with Crippen LogP contribution >= 0.6 is 0 Å². The van der Waals surface area contributed by atoms with Gasteiger partial charge in [-0.25, -0.2) is 9.97 Å². The molecular formula is C19H25N5O. The van der Waals surface area contributed by atoms with Gasteiger partial charge in [0.1, 0.15) is 11.6 Å². The number of nitrogens with one attached hydrogen (secondary N) is 2. The van der Waals surface area contributed by atoms with Gasteiger partial charge in [-0.3, -0.25) is 9.69 Å². The van der Waals surface area contributed by atoms with Crippen molar-refractivity contribution in [3.63, 3.8) is 0 Å². The fraction of sp³-hybridized carbons (Fsp3) is 0.421. The third-order valence-corrected chi connectivity index (χ3v) is 4.76. The molecule has 0 aliphatic carbocycles. The van der Waals surface area contributed by atoms with E-state index in [4.69, 9.17) is 0 Å². The molecule has 2 aromatic heterocycles. The molecule has 0 spiro atoms. The van der Waals surface area contributed by atoms with Crippen LogP contribution in [-0.2, 0) is 0 Å². The molecule has 3 heterocycles. The molecule has 0 bridgehead atoms. The highest BCUT2D eigenvalue weighted by Crippen LogP contribution is 2.18. The SMILES string of the molecule is C=CCN1CCC(Nc2ccc(-c3nc(C)c(C)c(=O)[nH]3)cn2)CC1. The number of pyridine rings is 1. The van der Waals surface area contributed by atoms with Crippen molar-refractivity contribution < 1.29 is 0 Å². The number of likely N-dealkylation sites (tertiary alicyclic amines) is 1. The van der Waals surface area contributed by atoms with Crippen LogP contribution in [0.5, 0.6) is 0 Å². The Balaban J connectivity index is 1.65. The summed E-state index contributed by atoms with van der Waals surface area (Å²) >= 11 is 0. The van der Waals surface area contributed by atoms with Crippen molar-refractivity contribution >= 4 is 5.82 Å². The van der Waals surface area contributed by atoms with E-state index in [2.05, 4.69) is 31.7 Å². The molecule has 2 N–H and O–H groups in total. The van der Waals surface area contributed by atoms with Crippen LogP contribution in [0.3, 0.4) is 0 Å². The van der Waals surface area contributed by atoms with Crippen LogP contribution in [0.2, 0.25) is 0 Å². The van der Waals surface area contributed by atoms with Crippen LogP contribution in [-0.4, -0.2) is 45.5 Å². The summed E-state index contributed by atoms with van der Waals surface area (Å²) in [6.07, 6.45) is 5.91. The summed E-state index contributed by atoms with van der Waals surface area (Å²) in [5, 5.41) is 3.50. The molecule has 1 saturated heterocycles. The number of hydrogen-bond donors (Lipinski definition) is 2. The van der Waals surface area contributed by atoms with Crippen molar-refractivity contribution in [2.24, 2.45) is 0 Å². The van der Waals surface area contributed by atoms with Gasteiger partial charge in [-0.1, -0.05) is 6.08 Å². The number of nitrogens with zero attached hydrogens (tertiary/aromatic N) is 3. The Hall–Kier alpha value is -2.47. The first kappa shape index (κ1) is 17.4. The van der Waals surface area contributed by atoms with Crippen LogP contribution in [0.15, 0.2) is 35.8 Å².